The van der Waals surface area contributed by atoms with Crippen molar-refractivity contribution < 1.29 is 14.7 Å². The van der Waals surface area contributed by atoms with Crippen LogP contribution < -0.4 is 11.1 Å². The lowest BCUT2D eigenvalue weighted by Gasteiger charge is -2.32. The Balaban J connectivity index is 2.03. The number of hydrogen-bond acceptors (Lipinski definition) is 4. The first-order valence-electron chi connectivity index (χ1n) is 8.67. The van der Waals surface area contributed by atoms with Gasteiger partial charge >= 0.3 is 0 Å². The molecule has 0 saturated carbocycles. The highest BCUT2D eigenvalue weighted by Crippen LogP contribution is 2.24. The number of likely N-dealkylation sites (tertiary alicyclic amines) is 1. The number of benzene rings is 1. The topological polar surface area (TPSA) is 95.7 Å². The Hall–Kier alpha value is -1.92. The van der Waals surface area contributed by atoms with E-state index in [0.717, 1.165) is 11.1 Å². The van der Waals surface area contributed by atoms with Crippen LogP contribution in [0.15, 0.2) is 24.3 Å². The highest BCUT2D eigenvalue weighted by Gasteiger charge is 2.42. The number of rotatable bonds is 4. The molecular formula is C19H29N3O3. The molecule has 0 aromatic heterocycles. The molecule has 4 N–H and O–H groups in total. The zero-order valence-electron chi connectivity index (χ0n) is 15.5. The normalized spacial score (nSPS) is 21.9. The van der Waals surface area contributed by atoms with E-state index in [1.165, 1.54) is 4.90 Å². The molecule has 2 rings (SSSR count). The first kappa shape index (κ1) is 19.4. The molecule has 1 heterocycles. The van der Waals surface area contributed by atoms with Gasteiger partial charge in [-0.15, -0.1) is 0 Å². The second-order valence-electron chi connectivity index (χ2n) is 7.94. The molecule has 0 bridgehead atoms. The minimum Gasteiger partial charge on any atom is -0.391 e. The van der Waals surface area contributed by atoms with Gasteiger partial charge in [-0.25, -0.2) is 0 Å². The average Bonchev–Trinajstić information content (AvgIpc) is 2.93. The summed E-state index contributed by atoms with van der Waals surface area (Å²) in [5, 5.41) is 12.8. The van der Waals surface area contributed by atoms with Crippen LogP contribution >= 0.6 is 0 Å². The van der Waals surface area contributed by atoms with Crippen molar-refractivity contribution in [3.05, 3.63) is 35.4 Å². The molecule has 1 aromatic rings. The molecule has 0 spiro atoms. The number of hydrogen-bond donors (Lipinski definition) is 3. The molecule has 3 atom stereocenters. The van der Waals surface area contributed by atoms with Gasteiger partial charge in [0.05, 0.1) is 12.1 Å². The van der Waals surface area contributed by atoms with Gasteiger partial charge < -0.3 is 21.1 Å². The second-order valence-corrected chi connectivity index (χ2v) is 7.94. The number of aryl methyl sites for hydroxylation is 1. The fourth-order valence-electron chi connectivity index (χ4n) is 2.87. The van der Waals surface area contributed by atoms with E-state index in [0.29, 0.717) is 6.54 Å². The molecule has 25 heavy (non-hydrogen) atoms. The van der Waals surface area contributed by atoms with E-state index in [2.05, 4.69) is 5.32 Å². The summed E-state index contributed by atoms with van der Waals surface area (Å²) in [4.78, 5) is 26.7. The SMILES string of the molecule is Cc1ccc(CNC(=O)[C@@H]2C[C@@H](O)CN2C(=O)[C@@H](N)C(C)(C)C)cc1. The number of aliphatic hydroxyl groups excluding tert-OH is 1. The van der Waals surface area contributed by atoms with Gasteiger partial charge in [-0.3, -0.25) is 9.59 Å². The fraction of sp³-hybridized carbons (Fsp3) is 0.579. The summed E-state index contributed by atoms with van der Waals surface area (Å²) in [5.41, 5.74) is 7.79. The van der Waals surface area contributed by atoms with Crippen LogP contribution in [0.4, 0.5) is 0 Å². The van der Waals surface area contributed by atoms with Gasteiger partial charge in [-0.05, 0) is 17.9 Å². The van der Waals surface area contributed by atoms with Gasteiger partial charge in [0, 0.05) is 19.5 Å². The molecule has 0 unspecified atom stereocenters. The molecule has 1 fully saturated rings. The number of nitrogens with one attached hydrogen (secondary N) is 1. The average molecular weight is 347 g/mol. The number of β-amino-alcohol motifs (C(OH)–C–C–N with tert-alkyl or cyclic N) is 1. The Morgan fingerprint density at radius 1 is 1.32 bits per heavy atom. The van der Waals surface area contributed by atoms with Gasteiger partial charge in [0.2, 0.25) is 11.8 Å². The number of aliphatic hydroxyl groups is 1. The standard InChI is InChI=1S/C19H29N3O3/c1-12-5-7-13(8-6-12)10-21-17(24)15-9-14(23)11-22(15)18(25)16(20)19(2,3)4/h5-8,14-16,23H,9-11,20H2,1-4H3,(H,21,24)/t14-,15+,16-/m1/s1. The highest BCUT2D eigenvalue weighted by molar-refractivity contribution is 5.90. The smallest absolute Gasteiger partial charge is 0.243 e. The Morgan fingerprint density at radius 2 is 1.92 bits per heavy atom. The van der Waals surface area contributed by atoms with E-state index >= 15 is 0 Å². The zero-order valence-corrected chi connectivity index (χ0v) is 15.5. The summed E-state index contributed by atoms with van der Waals surface area (Å²) in [6, 6.07) is 6.49. The van der Waals surface area contributed by atoms with Crippen LogP contribution in [-0.2, 0) is 16.1 Å². The maximum Gasteiger partial charge on any atom is 0.243 e. The lowest BCUT2D eigenvalue weighted by molar-refractivity contribution is -0.141. The molecule has 0 aliphatic carbocycles. The Morgan fingerprint density at radius 3 is 2.48 bits per heavy atom. The number of carbonyl (C=O) groups excluding carboxylic acids is 2. The number of nitrogens with two attached hydrogens (primary N) is 1. The molecule has 0 radical (unpaired) electrons. The molecular weight excluding hydrogens is 318 g/mol. The van der Waals surface area contributed by atoms with Crippen LogP contribution in [0.3, 0.4) is 0 Å². The van der Waals surface area contributed by atoms with Crippen LogP contribution in [-0.4, -0.2) is 46.6 Å². The lowest BCUT2D eigenvalue weighted by Crippen LogP contribution is -2.54. The number of amides is 2. The number of carbonyl (C=O) groups is 2. The molecule has 6 nitrogen and oxygen atoms in total. The van der Waals surface area contributed by atoms with Crippen LogP contribution in [0.25, 0.3) is 0 Å². The molecule has 138 valence electrons. The molecule has 6 heteroatoms. The summed E-state index contributed by atoms with van der Waals surface area (Å²) in [7, 11) is 0. The summed E-state index contributed by atoms with van der Waals surface area (Å²) in [6.07, 6.45) is -0.464. The third kappa shape index (κ3) is 4.80. The van der Waals surface area contributed by atoms with Gasteiger partial charge in [0.15, 0.2) is 0 Å². The van der Waals surface area contributed by atoms with E-state index in [-0.39, 0.29) is 24.8 Å². The quantitative estimate of drug-likeness (QED) is 0.755. The van der Waals surface area contributed by atoms with Gasteiger partial charge in [-0.2, -0.15) is 0 Å². The third-order valence-corrected chi connectivity index (χ3v) is 4.65. The Bertz CT molecular complexity index is 622. The van der Waals surface area contributed by atoms with Crippen LogP contribution in [0.5, 0.6) is 0 Å². The van der Waals surface area contributed by atoms with Crippen molar-refractivity contribution in [1.82, 2.24) is 10.2 Å². The summed E-state index contributed by atoms with van der Waals surface area (Å²) >= 11 is 0. The minimum absolute atomic E-state index is 0.144. The van der Waals surface area contributed by atoms with Crippen LogP contribution in [0, 0.1) is 12.3 Å². The maximum atomic E-state index is 12.7. The van der Waals surface area contributed by atoms with E-state index in [1.54, 1.807) is 0 Å². The van der Waals surface area contributed by atoms with Crippen molar-refractivity contribution in [2.75, 3.05) is 6.54 Å². The van der Waals surface area contributed by atoms with Crippen molar-refractivity contribution in [2.45, 2.75) is 58.8 Å². The van der Waals surface area contributed by atoms with Crippen molar-refractivity contribution >= 4 is 11.8 Å². The Labute approximate surface area is 149 Å². The molecule has 2 amide bonds. The monoisotopic (exact) mass is 347 g/mol. The van der Waals surface area contributed by atoms with Crippen molar-refractivity contribution in [2.24, 2.45) is 11.1 Å². The maximum absolute atomic E-state index is 12.7. The van der Waals surface area contributed by atoms with Gasteiger partial charge in [0.25, 0.3) is 0 Å². The third-order valence-electron chi connectivity index (χ3n) is 4.65. The Kier molecular flexibility index (Phi) is 5.85. The molecule has 1 aliphatic rings. The first-order valence-corrected chi connectivity index (χ1v) is 8.67. The first-order chi connectivity index (χ1) is 11.6. The number of nitrogens with zero attached hydrogens (tertiary/aromatic N) is 1. The summed E-state index contributed by atoms with van der Waals surface area (Å²) < 4.78 is 0. The van der Waals surface area contributed by atoms with Crippen LogP contribution in [0.1, 0.15) is 38.3 Å². The van der Waals surface area contributed by atoms with Crippen LogP contribution in [0.2, 0.25) is 0 Å². The predicted molar refractivity (Wildman–Crippen MR) is 96.6 cm³/mol. The molecule has 1 aromatic carbocycles. The largest absolute Gasteiger partial charge is 0.391 e. The predicted octanol–water partition coefficient (Wildman–Crippen LogP) is 0.946. The summed E-state index contributed by atoms with van der Waals surface area (Å²) in [6.45, 7) is 8.19. The highest BCUT2D eigenvalue weighted by atomic mass is 16.3. The molecule has 1 aliphatic heterocycles. The minimum atomic E-state index is -0.717. The van der Waals surface area contributed by atoms with Crippen molar-refractivity contribution in [3.8, 4) is 0 Å². The van der Waals surface area contributed by atoms with Gasteiger partial charge in [0.1, 0.15) is 6.04 Å². The van der Waals surface area contributed by atoms with Crippen molar-refractivity contribution in [1.29, 1.82) is 0 Å². The fourth-order valence-corrected chi connectivity index (χ4v) is 2.87. The lowest BCUT2D eigenvalue weighted by atomic mass is 9.86. The molecule has 1 saturated heterocycles. The van der Waals surface area contributed by atoms with E-state index in [1.807, 2.05) is 52.0 Å². The van der Waals surface area contributed by atoms with E-state index in [9.17, 15) is 14.7 Å². The van der Waals surface area contributed by atoms with E-state index < -0.39 is 23.6 Å². The summed E-state index contributed by atoms with van der Waals surface area (Å²) in [5.74, 6) is -0.550. The van der Waals surface area contributed by atoms with E-state index in [4.69, 9.17) is 5.73 Å². The second kappa shape index (κ2) is 7.54. The van der Waals surface area contributed by atoms with Gasteiger partial charge in [-0.1, -0.05) is 50.6 Å². The zero-order chi connectivity index (χ0) is 18.8. The van der Waals surface area contributed by atoms with Crippen molar-refractivity contribution in [3.63, 3.8) is 0 Å².